The van der Waals surface area contributed by atoms with Crippen LogP contribution in [0.1, 0.15) is 15.9 Å². The minimum absolute atomic E-state index is 0.0380. The lowest BCUT2D eigenvalue weighted by Gasteiger charge is -2.11. The van der Waals surface area contributed by atoms with E-state index in [-0.39, 0.29) is 22.0 Å². The Hall–Kier alpha value is -2.74. The molecule has 3 rings (SSSR count). The second-order valence-corrected chi connectivity index (χ2v) is 7.79. The molecular formula is C19H16ClN3O3S. The number of amides is 1. The Morgan fingerprint density at radius 1 is 1.00 bits per heavy atom. The average molecular weight is 402 g/mol. The molecule has 1 heterocycles. The molecule has 138 valence electrons. The summed E-state index contributed by atoms with van der Waals surface area (Å²) in [6, 6.07) is 16.5. The fourth-order valence-electron chi connectivity index (χ4n) is 2.34. The highest BCUT2D eigenvalue weighted by atomic mass is 35.5. The van der Waals surface area contributed by atoms with Crippen molar-refractivity contribution in [3.63, 3.8) is 0 Å². The van der Waals surface area contributed by atoms with Crippen molar-refractivity contribution in [1.29, 1.82) is 0 Å². The molecule has 2 N–H and O–H groups in total. The molecule has 1 amide bonds. The van der Waals surface area contributed by atoms with Crippen molar-refractivity contribution >= 4 is 33.2 Å². The summed E-state index contributed by atoms with van der Waals surface area (Å²) in [7, 11) is -3.89. The summed E-state index contributed by atoms with van der Waals surface area (Å²) in [6.45, 7) is 0.118. The third-order valence-corrected chi connectivity index (χ3v) is 5.61. The Morgan fingerprint density at radius 2 is 1.70 bits per heavy atom. The van der Waals surface area contributed by atoms with Crippen molar-refractivity contribution in [2.24, 2.45) is 0 Å². The van der Waals surface area contributed by atoms with Gasteiger partial charge in [0, 0.05) is 30.2 Å². The fourth-order valence-corrected chi connectivity index (χ4v) is 3.88. The number of sulfonamides is 1. The summed E-state index contributed by atoms with van der Waals surface area (Å²) in [5, 5.41) is 2.71. The summed E-state index contributed by atoms with van der Waals surface area (Å²) in [5.74, 6) is -0.447. The molecular weight excluding hydrogens is 386 g/mol. The van der Waals surface area contributed by atoms with Crippen LogP contribution in [0.25, 0.3) is 0 Å². The molecule has 0 radical (unpaired) electrons. The predicted octanol–water partition coefficient (Wildman–Crippen LogP) is 3.47. The smallest absolute Gasteiger partial charge is 0.255 e. The maximum Gasteiger partial charge on any atom is 0.255 e. The highest BCUT2D eigenvalue weighted by molar-refractivity contribution is 7.89. The molecule has 3 aromatic rings. The van der Waals surface area contributed by atoms with Gasteiger partial charge in [-0.3, -0.25) is 9.78 Å². The Morgan fingerprint density at radius 3 is 2.41 bits per heavy atom. The first-order valence-corrected chi connectivity index (χ1v) is 9.86. The fraction of sp³-hybridized carbons (Fsp3) is 0.0526. The van der Waals surface area contributed by atoms with Crippen molar-refractivity contribution in [2.75, 3.05) is 5.32 Å². The highest BCUT2D eigenvalue weighted by Gasteiger charge is 2.20. The zero-order valence-electron chi connectivity index (χ0n) is 14.1. The molecule has 0 spiro atoms. The molecule has 0 atom stereocenters. The molecule has 2 aromatic carbocycles. The summed E-state index contributed by atoms with van der Waals surface area (Å²) >= 11 is 6.07. The summed E-state index contributed by atoms with van der Waals surface area (Å²) in [4.78, 5) is 16.1. The molecule has 0 unspecified atom stereocenters. The normalized spacial score (nSPS) is 11.1. The van der Waals surface area contributed by atoms with Crippen LogP contribution in [0.15, 0.2) is 78.0 Å². The molecule has 1 aromatic heterocycles. The van der Waals surface area contributed by atoms with E-state index in [9.17, 15) is 13.2 Å². The van der Waals surface area contributed by atoms with Crippen molar-refractivity contribution < 1.29 is 13.2 Å². The molecule has 0 fully saturated rings. The second-order valence-electron chi connectivity index (χ2n) is 5.65. The topological polar surface area (TPSA) is 88.2 Å². The van der Waals surface area contributed by atoms with Gasteiger partial charge >= 0.3 is 0 Å². The lowest BCUT2D eigenvalue weighted by atomic mass is 10.2. The van der Waals surface area contributed by atoms with E-state index in [2.05, 4.69) is 15.0 Å². The molecule has 6 nitrogen and oxygen atoms in total. The molecule has 0 saturated heterocycles. The largest absolute Gasteiger partial charge is 0.322 e. The Bertz CT molecular complexity index is 1040. The average Bonchev–Trinajstić information content (AvgIpc) is 2.68. The van der Waals surface area contributed by atoms with Crippen LogP contribution in [-0.2, 0) is 16.6 Å². The number of hydrogen-bond acceptors (Lipinski definition) is 4. The maximum atomic E-state index is 12.6. The van der Waals surface area contributed by atoms with Gasteiger partial charge in [0.05, 0.1) is 5.02 Å². The van der Waals surface area contributed by atoms with Crippen LogP contribution in [0, 0.1) is 0 Å². The number of nitrogens with one attached hydrogen (secondary N) is 2. The first-order valence-electron chi connectivity index (χ1n) is 8.00. The zero-order valence-corrected chi connectivity index (χ0v) is 15.7. The lowest BCUT2D eigenvalue weighted by molar-refractivity contribution is 0.102. The number of aromatic nitrogens is 1. The van der Waals surface area contributed by atoms with Crippen LogP contribution in [-0.4, -0.2) is 19.3 Å². The van der Waals surface area contributed by atoms with E-state index in [4.69, 9.17) is 11.6 Å². The maximum absolute atomic E-state index is 12.6. The van der Waals surface area contributed by atoms with Crippen molar-refractivity contribution in [1.82, 2.24) is 9.71 Å². The molecule has 0 bridgehead atoms. The van der Waals surface area contributed by atoms with E-state index >= 15 is 0 Å². The third-order valence-electron chi connectivity index (χ3n) is 3.73. The van der Waals surface area contributed by atoms with Gasteiger partial charge in [-0.1, -0.05) is 41.9 Å². The number of carbonyl (C=O) groups is 1. The Labute approximate surface area is 162 Å². The highest BCUT2D eigenvalue weighted by Crippen LogP contribution is 2.23. The molecule has 0 aliphatic heterocycles. The second kappa shape index (κ2) is 8.30. The summed E-state index contributed by atoms with van der Waals surface area (Å²) in [5.41, 5.74) is 1.54. The molecule has 0 aliphatic carbocycles. The van der Waals surface area contributed by atoms with Gasteiger partial charge in [-0.25, -0.2) is 13.1 Å². The van der Waals surface area contributed by atoms with Crippen molar-refractivity contribution in [3.8, 4) is 0 Å². The quantitative estimate of drug-likeness (QED) is 0.662. The number of rotatable bonds is 6. The standard InChI is InChI=1S/C19H16ClN3O3S/c20-17-7-6-15(19(24)23-16-8-10-21-11-9-16)12-18(17)27(25,26)22-13-14-4-2-1-3-5-14/h1-12,22H,13H2,(H,21,23,24). The number of anilines is 1. The van der Waals surface area contributed by atoms with Gasteiger partial charge in [-0.2, -0.15) is 0 Å². The van der Waals surface area contributed by atoms with Crippen LogP contribution in [0.5, 0.6) is 0 Å². The number of carbonyl (C=O) groups excluding carboxylic acids is 1. The van der Waals surface area contributed by atoms with E-state index in [1.54, 1.807) is 24.5 Å². The third kappa shape index (κ3) is 4.91. The zero-order chi connectivity index (χ0) is 19.3. The van der Waals surface area contributed by atoms with Gasteiger partial charge in [0.15, 0.2) is 0 Å². The Balaban J connectivity index is 1.80. The van der Waals surface area contributed by atoms with Crippen LogP contribution >= 0.6 is 11.6 Å². The van der Waals surface area contributed by atoms with E-state index in [0.29, 0.717) is 5.69 Å². The van der Waals surface area contributed by atoms with Gasteiger partial charge in [-0.05, 0) is 35.9 Å². The van der Waals surface area contributed by atoms with Crippen LogP contribution in [0.2, 0.25) is 5.02 Å². The van der Waals surface area contributed by atoms with Crippen LogP contribution in [0.4, 0.5) is 5.69 Å². The molecule has 8 heteroatoms. The van der Waals surface area contributed by atoms with Gasteiger partial charge in [0.25, 0.3) is 5.91 Å². The molecule has 0 aliphatic rings. The minimum atomic E-state index is -3.89. The SMILES string of the molecule is O=C(Nc1ccncc1)c1ccc(Cl)c(S(=O)(=O)NCc2ccccc2)c1. The van der Waals surface area contributed by atoms with Crippen molar-refractivity contribution in [2.45, 2.75) is 11.4 Å². The van der Waals surface area contributed by atoms with Crippen LogP contribution < -0.4 is 10.0 Å². The summed E-state index contributed by atoms with van der Waals surface area (Å²) in [6.07, 6.45) is 3.09. The van der Waals surface area contributed by atoms with Crippen LogP contribution in [0.3, 0.4) is 0 Å². The number of halogens is 1. The monoisotopic (exact) mass is 401 g/mol. The van der Waals surface area contributed by atoms with E-state index < -0.39 is 15.9 Å². The van der Waals surface area contributed by atoms with Gasteiger partial charge in [0.2, 0.25) is 10.0 Å². The Kier molecular flexibility index (Phi) is 5.85. The summed E-state index contributed by atoms with van der Waals surface area (Å²) < 4.78 is 27.7. The van der Waals surface area contributed by atoms with E-state index in [0.717, 1.165) is 5.56 Å². The van der Waals surface area contributed by atoms with Crippen molar-refractivity contribution in [3.05, 3.63) is 89.2 Å². The lowest BCUT2D eigenvalue weighted by Crippen LogP contribution is -2.24. The number of hydrogen-bond donors (Lipinski definition) is 2. The molecule has 0 saturated carbocycles. The molecule has 27 heavy (non-hydrogen) atoms. The first kappa shape index (κ1) is 19.0. The van der Waals surface area contributed by atoms with Gasteiger partial charge in [-0.15, -0.1) is 0 Å². The number of pyridine rings is 1. The first-order chi connectivity index (χ1) is 13.0. The number of benzene rings is 2. The van der Waals surface area contributed by atoms with E-state index in [1.807, 2.05) is 30.3 Å². The van der Waals surface area contributed by atoms with E-state index in [1.165, 1.54) is 18.2 Å². The number of nitrogens with zero attached hydrogens (tertiary/aromatic N) is 1. The minimum Gasteiger partial charge on any atom is -0.322 e. The van der Waals surface area contributed by atoms with Gasteiger partial charge < -0.3 is 5.32 Å². The van der Waals surface area contributed by atoms with Gasteiger partial charge in [0.1, 0.15) is 4.90 Å². The predicted molar refractivity (Wildman–Crippen MR) is 104 cm³/mol.